The van der Waals surface area contributed by atoms with Gasteiger partial charge in [-0.2, -0.15) is 0 Å². The Kier molecular flexibility index (Phi) is 4.05. The maximum atomic E-state index is 11.2. The third kappa shape index (κ3) is 3.85. The van der Waals surface area contributed by atoms with Crippen molar-refractivity contribution in [3.05, 3.63) is 35.9 Å². The lowest BCUT2D eigenvalue weighted by atomic mass is 10.2. The highest BCUT2D eigenvalue weighted by molar-refractivity contribution is 7.90. The van der Waals surface area contributed by atoms with Crippen LogP contribution in [0.2, 0.25) is 0 Å². The highest BCUT2D eigenvalue weighted by Crippen LogP contribution is 2.11. The van der Waals surface area contributed by atoms with E-state index >= 15 is 0 Å². The van der Waals surface area contributed by atoms with E-state index in [1.807, 2.05) is 12.2 Å². The monoisotopic (exact) mass is 226 g/mol. The molecule has 0 aromatic heterocycles. The summed E-state index contributed by atoms with van der Waals surface area (Å²) in [5.41, 5.74) is 0.927. The molecule has 0 fully saturated rings. The number of rotatable bonds is 4. The number of aliphatic hydroxyl groups is 1. The average Bonchev–Trinajstić information content (AvgIpc) is 2.18. The van der Waals surface area contributed by atoms with E-state index in [0.717, 1.165) is 5.56 Å². The molecule has 0 aliphatic rings. The smallest absolute Gasteiger partial charge is 0.175 e. The first-order chi connectivity index (χ1) is 7.04. The van der Waals surface area contributed by atoms with Gasteiger partial charge in [0.1, 0.15) is 0 Å². The van der Waals surface area contributed by atoms with E-state index in [1.165, 1.54) is 6.26 Å². The van der Waals surface area contributed by atoms with Gasteiger partial charge >= 0.3 is 0 Å². The Hall–Kier alpha value is -1.13. The van der Waals surface area contributed by atoms with Crippen LogP contribution in [-0.2, 0) is 9.84 Å². The van der Waals surface area contributed by atoms with Gasteiger partial charge < -0.3 is 5.11 Å². The van der Waals surface area contributed by atoms with Crippen LogP contribution in [0.25, 0.3) is 6.08 Å². The summed E-state index contributed by atoms with van der Waals surface area (Å²) in [6.45, 7) is 0.123. The first-order valence-electron chi connectivity index (χ1n) is 4.61. The van der Waals surface area contributed by atoms with Crippen molar-refractivity contribution in [2.24, 2.45) is 0 Å². The van der Waals surface area contributed by atoms with Crippen molar-refractivity contribution >= 4 is 15.9 Å². The van der Waals surface area contributed by atoms with Gasteiger partial charge in [-0.15, -0.1) is 0 Å². The zero-order valence-corrected chi connectivity index (χ0v) is 9.37. The van der Waals surface area contributed by atoms with E-state index in [2.05, 4.69) is 0 Å². The molecule has 0 aliphatic heterocycles. The first kappa shape index (κ1) is 11.9. The molecule has 0 heterocycles. The topological polar surface area (TPSA) is 54.4 Å². The molecule has 0 aliphatic carbocycles. The molecular weight excluding hydrogens is 212 g/mol. The van der Waals surface area contributed by atoms with Crippen LogP contribution in [0.5, 0.6) is 0 Å². The van der Waals surface area contributed by atoms with Gasteiger partial charge in [0.25, 0.3) is 0 Å². The Bertz CT molecular complexity index is 429. The lowest BCUT2D eigenvalue weighted by Gasteiger charge is -1.98. The van der Waals surface area contributed by atoms with Crippen LogP contribution in [0.3, 0.4) is 0 Å². The molecule has 1 N–H and O–H groups in total. The predicted octanol–water partition coefficient (Wildman–Crippen LogP) is 1.49. The standard InChI is InChI=1S/C11H14O3S/c1-15(13,14)11-7-5-10(6-8-11)4-2-3-9-12/h2,4-8,12H,3,9H2,1H3. The number of aliphatic hydroxyl groups excluding tert-OH is 1. The molecule has 1 rings (SSSR count). The van der Waals surface area contributed by atoms with Gasteiger partial charge in [0.2, 0.25) is 0 Å². The molecule has 1 aromatic rings. The maximum absolute atomic E-state index is 11.2. The summed E-state index contributed by atoms with van der Waals surface area (Å²) in [4.78, 5) is 0.321. The molecule has 0 radical (unpaired) electrons. The molecule has 4 heteroatoms. The molecule has 0 amide bonds. The van der Waals surface area contributed by atoms with Crippen LogP contribution in [0, 0.1) is 0 Å². The van der Waals surface area contributed by atoms with Crippen molar-refractivity contribution in [1.82, 2.24) is 0 Å². The Labute approximate surface area is 90.0 Å². The van der Waals surface area contributed by atoms with Gasteiger partial charge in [-0.05, 0) is 24.1 Å². The van der Waals surface area contributed by atoms with Gasteiger partial charge in [-0.1, -0.05) is 24.3 Å². The Morgan fingerprint density at radius 2 is 1.87 bits per heavy atom. The van der Waals surface area contributed by atoms with Crippen molar-refractivity contribution in [3.63, 3.8) is 0 Å². The van der Waals surface area contributed by atoms with Crippen LogP contribution in [0.15, 0.2) is 35.2 Å². The van der Waals surface area contributed by atoms with Gasteiger partial charge in [0, 0.05) is 12.9 Å². The van der Waals surface area contributed by atoms with E-state index in [1.54, 1.807) is 24.3 Å². The minimum atomic E-state index is -3.11. The van der Waals surface area contributed by atoms with Gasteiger partial charge in [0.05, 0.1) is 4.90 Å². The molecule has 0 unspecified atom stereocenters. The molecule has 1 aromatic carbocycles. The SMILES string of the molecule is CS(=O)(=O)c1ccc(C=CCCO)cc1. The van der Waals surface area contributed by atoms with E-state index in [9.17, 15) is 8.42 Å². The molecule has 3 nitrogen and oxygen atoms in total. The molecule has 82 valence electrons. The largest absolute Gasteiger partial charge is 0.396 e. The predicted molar refractivity (Wildman–Crippen MR) is 60.3 cm³/mol. The summed E-state index contributed by atoms with van der Waals surface area (Å²) in [7, 11) is -3.11. The van der Waals surface area contributed by atoms with Crippen molar-refractivity contribution < 1.29 is 13.5 Å². The number of sulfone groups is 1. The average molecular weight is 226 g/mol. The maximum Gasteiger partial charge on any atom is 0.175 e. The minimum Gasteiger partial charge on any atom is -0.396 e. The van der Waals surface area contributed by atoms with Crippen LogP contribution in [0.4, 0.5) is 0 Å². The molecule has 0 saturated carbocycles. The van der Waals surface area contributed by atoms with Gasteiger partial charge in [-0.25, -0.2) is 8.42 Å². The summed E-state index contributed by atoms with van der Waals surface area (Å²) in [5, 5.41) is 8.56. The Morgan fingerprint density at radius 3 is 2.33 bits per heavy atom. The summed E-state index contributed by atoms with van der Waals surface area (Å²) in [6.07, 6.45) is 5.48. The second-order valence-corrected chi connectivity index (χ2v) is 5.27. The molecular formula is C11H14O3S. The second kappa shape index (κ2) is 5.09. The van der Waals surface area contributed by atoms with Crippen molar-refractivity contribution in [3.8, 4) is 0 Å². The van der Waals surface area contributed by atoms with Crippen molar-refractivity contribution in [2.45, 2.75) is 11.3 Å². The van der Waals surface area contributed by atoms with Crippen molar-refractivity contribution in [1.29, 1.82) is 0 Å². The highest BCUT2D eigenvalue weighted by atomic mass is 32.2. The molecule has 0 bridgehead atoms. The molecule has 15 heavy (non-hydrogen) atoms. The van der Waals surface area contributed by atoms with Gasteiger partial charge in [-0.3, -0.25) is 0 Å². The summed E-state index contributed by atoms with van der Waals surface area (Å²) in [5.74, 6) is 0. The quantitative estimate of drug-likeness (QED) is 0.846. The fourth-order valence-corrected chi connectivity index (χ4v) is 1.75. The van der Waals surface area contributed by atoms with Crippen molar-refractivity contribution in [2.75, 3.05) is 12.9 Å². The summed E-state index contributed by atoms with van der Waals surface area (Å²) < 4.78 is 22.3. The summed E-state index contributed by atoms with van der Waals surface area (Å²) in [6, 6.07) is 6.64. The van der Waals surface area contributed by atoms with Crippen LogP contribution >= 0.6 is 0 Å². The van der Waals surface area contributed by atoms with E-state index < -0.39 is 9.84 Å². The third-order valence-electron chi connectivity index (χ3n) is 1.91. The molecule has 0 atom stereocenters. The van der Waals surface area contributed by atoms with E-state index in [-0.39, 0.29) is 6.61 Å². The number of benzene rings is 1. The zero-order valence-electron chi connectivity index (χ0n) is 8.55. The number of hydrogen-bond donors (Lipinski definition) is 1. The fourth-order valence-electron chi connectivity index (χ4n) is 1.12. The lowest BCUT2D eigenvalue weighted by molar-refractivity contribution is 0.303. The number of hydrogen-bond acceptors (Lipinski definition) is 3. The Balaban J connectivity index is 2.82. The normalized spacial score (nSPS) is 12.1. The van der Waals surface area contributed by atoms with E-state index in [4.69, 9.17) is 5.11 Å². The molecule has 0 spiro atoms. The zero-order chi connectivity index (χ0) is 11.3. The summed E-state index contributed by atoms with van der Waals surface area (Å²) >= 11 is 0. The Morgan fingerprint density at radius 1 is 1.27 bits per heavy atom. The third-order valence-corrected chi connectivity index (χ3v) is 3.04. The minimum absolute atomic E-state index is 0.123. The second-order valence-electron chi connectivity index (χ2n) is 3.26. The van der Waals surface area contributed by atoms with Gasteiger partial charge in [0.15, 0.2) is 9.84 Å². The highest BCUT2D eigenvalue weighted by Gasteiger charge is 2.04. The van der Waals surface area contributed by atoms with E-state index in [0.29, 0.717) is 11.3 Å². The lowest BCUT2D eigenvalue weighted by Crippen LogP contribution is -1.96. The van der Waals surface area contributed by atoms with Crippen LogP contribution in [0.1, 0.15) is 12.0 Å². The van der Waals surface area contributed by atoms with Crippen LogP contribution in [-0.4, -0.2) is 26.4 Å². The first-order valence-corrected chi connectivity index (χ1v) is 6.50. The fraction of sp³-hybridized carbons (Fsp3) is 0.273. The van der Waals surface area contributed by atoms with Crippen LogP contribution < -0.4 is 0 Å². The molecule has 0 saturated heterocycles.